The van der Waals surface area contributed by atoms with Gasteiger partial charge in [-0.15, -0.1) is 0 Å². The van der Waals surface area contributed by atoms with Crippen LogP contribution in [0.5, 0.6) is 0 Å². The topological polar surface area (TPSA) is 71.6 Å². The Bertz CT molecular complexity index is 899. The van der Waals surface area contributed by atoms with Gasteiger partial charge < -0.3 is 0 Å². The standard InChI is InChI=1S/C17H16ClF3N4O/c1-8(14-9(2)24-25(4)10(14)3)16(26)12(6-22)15-13(18)5-11(7-23-15)17(19,20)21/h5,7-8,12H,1-4H3/t8-,12+/m1/s1. The van der Waals surface area contributed by atoms with Crippen molar-refractivity contribution in [2.75, 3.05) is 0 Å². The predicted octanol–water partition coefficient (Wildman–Crippen LogP) is 4.08. The first-order valence-corrected chi connectivity index (χ1v) is 8.02. The number of ketones is 1. The van der Waals surface area contributed by atoms with Crippen molar-refractivity contribution < 1.29 is 18.0 Å². The van der Waals surface area contributed by atoms with Crippen molar-refractivity contribution >= 4 is 17.4 Å². The molecule has 0 fully saturated rings. The van der Waals surface area contributed by atoms with Crippen LogP contribution in [0.25, 0.3) is 0 Å². The molecule has 2 atom stereocenters. The van der Waals surface area contributed by atoms with E-state index in [-0.39, 0.29) is 10.7 Å². The summed E-state index contributed by atoms with van der Waals surface area (Å²) in [6, 6.07) is 2.48. The summed E-state index contributed by atoms with van der Waals surface area (Å²) in [4.78, 5) is 16.5. The van der Waals surface area contributed by atoms with Crippen LogP contribution in [0.2, 0.25) is 5.02 Å². The molecule has 5 nitrogen and oxygen atoms in total. The Hall–Kier alpha value is -2.40. The predicted molar refractivity (Wildman–Crippen MR) is 88.7 cm³/mol. The zero-order valence-electron chi connectivity index (χ0n) is 14.5. The van der Waals surface area contributed by atoms with Gasteiger partial charge in [-0.05, 0) is 19.9 Å². The second kappa shape index (κ2) is 7.08. The van der Waals surface area contributed by atoms with Crippen LogP contribution in [-0.2, 0) is 18.0 Å². The van der Waals surface area contributed by atoms with E-state index in [1.165, 1.54) is 0 Å². The van der Waals surface area contributed by atoms with Crippen molar-refractivity contribution in [1.29, 1.82) is 5.26 Å². The third kappa shape index (κ3) is 3.58. The summed E-state index contributed by atoms with van der Waals surface area (Å²) in [6.45, 7) is 5.17. The van der Waals surface area contributed by atoms with Crippen LogP contribution in [0, 0.1) is 25.2 Å². The minimum absolute atomic E-state index is 0.182. The van der Waals surface area contributed by atoms with E-state index in [0.717, 1.165) is 5.69 Å². The van der Waals surface area contributed by atoms with E-state index in [0.29, 0.717) is 23.5 Å². The van der Waals surface area contributed by atoms with E-state index in [9.17, 15) is 23.2 Å². The Kier molecular flexibility index (Phi) is 5.42. The van der Waals surface area contributed by atoms with Crippen LogP contribution < -0.4 is 0 Å². The van der Waals surface area contributed by atoms with Crippen molar-refractivity contribution in [2.24, 2.45) is 7.05 Å². The molecule has 0 aromatic carbocycles. The number of aryl methyl sites for hydroxylation is 2. The average molecular weight is 385 g/mol. The Morgan fingerprint density at radius 1 is 1.38 bits per heavy atom. The van der Waals surface area contributed by atoms with Gasteiger partial charge in [0.1, 0.15) is 5.92 Å². The van der Waals surface area contributed by atoms with Crippen molar-refractivity contribution in [3.05, 3.63) is 45.5 Å². The summed E-state index contributed by atoms with van der Waals surface area (Å²) >= 11 is 5.89. The lowest BCUT2D eigenvalue weighted by molar-refractivity contribution is -0.137. The van der Waals surface area contributed by atoms with Crippen molar-refractivity contribution in [2.45, 2.75) is 38.8 Å². The molecule has 0 saturated carbocycles. The number of carbonyl (C=O) groups excluding carboxylic acids is 1. The Labute approximate surface area is 153 Å². The number of rotatable bonds is 4. The first-order valence-electron chi connectivity index (χ1n) is 7.65. The molecule has 9 heteroatoms. The van der Waals surface area contributed by atoms with E-state index in [1.54, 1.807) is 32.5 Å². The molecule has 0 unspecified atom stereocenters. The molecule has 0 radical (unpaired) electrons. The highest BCUT2D eigenvalue weighted by Crippen LogP contribution is 2.35. The molecule has 0 bridgehead atoms. The Morgan fingerprint density at radius 3 is 2.42 bits per heavy atom. The first kappa shape index (κ1) is 19.9. The van der Waals surface area contributed by atoms with Crippen LogP contribution in [0.4, 0.5) is 13.2 Å². The number of nitrogens with zero attached hydrogens (tertiary/aromatic N) is 4. The number of alkyl halides is 3. The number of pyridine rings is 1. The van der Waals surface area contributed by atoms with Crippen LogP contribution in [0.1, 0.15) is 47.0 Å². The van der Waals surface area contributed by atoms with Gasteiger partial charge in [0.2, 0.25) is 0 Å². The monoisotopic (exact) mass is 384 g/mol. The summed E-state index contributed by atoms with van der Waals surface area (Å²) in [7, 11) is 1.74. The smallest absolute Gasteiger partial charge is 0.297 e. The molecule has 2 rings (SSSR count). The highest BCUT2D eigenvalue weighted by Gasteiger charge is 2.35. The number of hydrogen-bond acceptors (Lipinski definition) is 4. The summed E-state index contributed by atoms with van der Waals surface area (Å²) in [5.41, 5.74) is 0.877. The first-order chi connectivity index (χ1) is 12.0. The molecule has 0 saturated heterocycles. The molecule has 2 aromatic heterocycles. The number of aromatic nitrogens is 3. The Balaban J connectivity index is 2.42. The maximum absolute atomic E-state index is 12.8. The summed E-state index contributed by atoms with van der Waals surface area (Å²) in [6.07, 6.45) is -4.04. The van der Waals surface area contributed by atoms with Gasteiger partial charge in [-0.2, -0.15) is 23.5 Å². The van der Waals surface area contributed by atoms with E-state index in [2.05, 4.69) is 10.1 Å². The minimum Gasteiger partial charge on any atom is -0.297 e. The fraction of sp³-hybridized carbons (Fsp3) is 0.412. The summed E-state index contributed by atoms with van der Waals surface area (Å²) in [5.74, 6) is -2.56. The molecule has 26 heavy (non-hydrogen) atoms. The molecule has 2 heterocycles. The number of halogens is 4. The summed E-state index contributed by atoms with van der Waals surface area (Å²) in [5, 5.41) is 13.3. The number of carbonyl (C=O) groups is 1. The Morgan fingerprint density at radius 2 is 2.00 bits per heavy atom. The van der Waals surface area contributed by atoms with Crippen LogP contribution in [-0.4, -0.2) is 20.5 Å². The fourth-order valence-corrected chi connectivity index (χ4v) is 3.16. The lowest BCUT2D eigenvalue weighted by atomic mass is 9.86. The van der Waals surface area contributed by atoms with Gasteiger partial charge in [0.05, 0.1) is 28.0 Å². The zero-order chi connectivity index (χ0) is 19.8. The highest BCUT2D eigenvalue weighted by molar-refractivity contribution is 6.31. The van der Waals surface area contributed by atoms with Gasteiger partial charge in [-0.25, -0.2) is 0 Å². The maximum atomic E-state index is 12.8. The highest BCUT2D eigenvalue weighted by atomic mass is 35.5. The van der Waals surface area contributed by atoms with Crippen molar-refractivity contribution in [1.82, 2.24) is 14.8 Å². The number of nitriles is 1. The third-order valence-corrected chi connectivity index (χ3v) is 4.61. The molecule has 138 valence electrons. The molecular formula is C17H16ClF3N4O. The van der Waals surface area contributed by atoms with Crippen molar-refractivity contribution in [3.63, 3.8) is 0 Å². The van der Waals surface area contributed by atoms with E-state index in [1.807, 2.05) is 6.07 Å². The van der Waals surface area contributed by atoms with Gasteiger partial charge in [-0.1, -0.05) is 18.5 Å². The lowest BCUT2D eigenvalue weighted by Crippen LogP contribution is -2.20. The third-order valence-electron chi connectivity index (χ3n) is 4.31. The minimum atomic E-state index is -4.61. The fourth-order valence-electron chi connectivity index (χ4n) is 2.88. The van der Waals surface area contributed by atoms with Gasteiger partial charge in [0, 0.05) is 30.4 Å². The van der Waals surface area contributed by atoms with Crippen LogP contribution in [0.3, 0.4) is 0 Å². The molecule has 0 aliphatic heterocycles. The second-order valence-corrected chi connectivity index (χ2v) is 6.39. The van der Waals surface area contributed by atoms with Gasteiger partial charge in [0.15, 0.2) is 5.78 Å². The number of Topliss-reactive ketones (excluding diaryl/α,β-unsaturated/α-hetero) is 1. The quantitative estimate of drug-likeness (QED) is 0.796. The van der Waals surface area contributed by atoms with E-state index >= 15 is 0 Å². The van der Waals surface area contributed by atoms with Crippen LogP contribution >= 0.6 is 11.6 Å². The lowest BCUT2D eigenvalue weighted by Gasteiger charge is -2.17. The summed E-state index contributed by atoms with van der Waals surface area (Å²) < 4.78 is 39.9. The zero-order valence-corrected chi connectivity index (χ0v) is 15.3. The molecular weight excluding hydrogens is 369 g/mol. The molecule has 2 aromatic rings. The SMILES string of the molecule is Cc1nn(C)c(C)c1[C@@H](C)C(=O)[C@@H](C#N)c1ncc(C(F)(F)F)cc1Cl. The second-order valence-electron chi connectivity index (χ2n) is 5.98. The molecule has 0 aliphatic rings. The van der Waals surface area contributed by atoms with Crippen molar-refractivity contribution in [3.8, 4) is 6.07 Å². The number of hydrogen-bond donors (Lipinski definition) is 0. The molecule has 0 N–H and O–H groups in total. The normalized spacial score (nSPS) is 14.0. The molecule has 0 spiro atoms. The van der Waals surface area contributed by atoms with Gasteiger partial charge >= 0.3 is 6.18 Å². The van der Waals surface area contributed by atoms with Gasteiger partial charge in [-0.3, -0.25) is 14.5 Å². The largest absolute Gasteiger partial charge is 0.417 e. The maximum Gasteiger partial charge on any atom is 0.417 e. The van der Waals surface area contributed by atoms with E-state index < -0.39 is 29.4 Å². The molecule has 0 aliphatic carbocycles. The van der Waals surface area contributed by atoms with Crippen LogP contribution in [0.15, 0.2) is 12.3 Å². The average Bonchev–Trinajstić information content (AvgIpc) is 2.80. The van der Waals surface area contributed by atoms with E-state index in [4.69, 9.17) is 11.6 Å². The molecule has 0 amide bonds. The van der Waals surface area contributed by atoms with Gasteiger partial charge in [0.25, 0.3) is 0 Å².